The SMILES string of the molecule is CNC(c1cc2c(cc1Cl)NC(=O)C2)C1CCOC1C. The number of fused-ring (bicyclic) bond motifs is 1. The zero-order chi connectivity index (χ0) is 14.3. The Balaban J connectivity index is 1.96. The molecule has 0 bridgehead atoms. The van der Waals surface area contributed by atoms with Gasteiger partial charge in [-0.1, -0.05) is 17.7 Å². The molecule has 4 nitrogen and oxygen atoms in total. The molecule has 2 aliphatic heterocycles. The van der Waals surface area contributed by atoms with Crippen molar-refractivity contribution in [1.29, 1.82) is 0 Å². The Morgan fingerprint density at radius 1 is 1.50 bits per heavy atom. The highest BCUT2D eigenvalue weighted by Gasteiger charge is 2.34. The van der Waals surface area contributed by atoms with E-state index in [1.54, 1.807) is 0 Å². The van der Waals surface area contributed by atoms with Crippen LogP contribution < -0.4 is 10.6 Å². The van der Waals surface area contributed by atoms with Gasteiger partial charge in [0.2, 0.25) is 5.91 Å². The highest BCUT2D eigenvalue weighted by Crippen LogP contribution is 2.39. The zero-order valence-electron chi connectivity index (χ0n) is 11.7. The molecule has 1 saturated heterocycles. The topological polar surface area (TPSA) is 50.4 Å². The molecule has 0 aliphatic carbocycles. The molecule has 20 heavy (non-hydrogen) atoms. The number of hydrogen-bond acceptors (Lipinski definition) is 3. The molecular weight excluding hydrogens is 276 g/mol. The molecule has 1 aromatic carbocycles. The Hall–Kier alpha value is -1.10. The van der Waals surface area contributed by atoms with Gasteiger partial charge in [0.05, 0.1) is 12.5 Å². The molecule has 3 unspecified atom stereocenters. The Morgan fingerprint density at radius 2 is 2.30 bits per heavy atom. The fraction of sp³-hybridized carbons (Fsp3) is 0.533. The lowest BCUT2D eigenvalue weighted by Gasteiger charge is -2.27. The van der Waals surface area contributed by atoms with Crippen LogP contribution in [0.15, 0.2) is 12.1 Å². The normalized spacial score (nSPS) is 26.4. The number of amides is 1. The summed E-state index contributed by atoms with van der Waals surface area (Å²) in [6.45, 7) is 2.90. The number of benzene rings is 1. The van der Waals surface area contributed by atoms with Crippen LogP contribution in [0.1, 0.15) is 30.5 Å². The van der Waals surface area contributed by atoms with Crippen molar-refractivity contribution in [2.24, 2.45) is 5.92 Å². The fourth-order valence-electron chi connectivity index (χ4n) is 3.29. The Kier molecular flexibility index (Phi) is 3.71. The summed E-state index contributed by atoms with van der Waals surface area (Å²) < 4.78 is 5.67. The molecule has 0 aromatic heterocycles. The second-order valence-electron chi connectivity index (χ2n) is 5.55. The van der Waals surface area contributed by atoms with Gasteiger partial charge in [-0.25, -0.2) is 0 Å². The summed E-state index contributed by atoms with van der Waals surface area (Å²) in [5, 5.41) is 6.89. The molecule has 108 valence electrons. The molecular formula is C15H19ClN2O2. The average Bonchev–Trinajstić information content (AvgIpc) is 2.96. The lowest BCUT2D eigenvalue weighted by molar-refractivity contribution is -0.115. The Labute approximate surface area is 123 Å². The van der Waals surface area contributed by atoms with Crippen molar-refractivity contribution in [3.05, 3.63) is 28.3 Å². The number of halogens is 1. The molecule has 3 atom stereocenters. The molecule has 2 N–H and O–H groups in total. The Bertz CT molecular complexity index is 547. The number of hydrogen-bond donors (Lipinski definition) is 2. The van der Waals surface area contributed by atoms with E-state index in [4.69, 9.17) is 16.3 Å². The minimum absolute atomic E-state index is 0.0341. The first kappa shape index (κ1) is 13.9. The molecule has 5 heteroatoms. The average molecular weight is 295 g/mol. The monoisotopic (exact) mass is 294 g/mol. The second kappa shape index (κ2) is 5.35. The first-order valence-corrected chi connectivity index (χ1v) is 7.39. The number of nitrogens with one attached hydrogen (secondary N) is 2. The van der Waals surface area contributed by atoms with E-state index in [9.17, 15) is 4.79 Å². The van der Waals surface area contributed by atoms with Crippen LogP contribution in [0.5, 0.6) is 0 Å². The third-order valence-electron chi connectivity index (χ3n) is 4.36. The van der Waals surface area contributed by atoms with E-state index in [1.165, 1.54) is 0 Å². The number of anilines is 1. The van der Waals surface area contributed by atoms with Gasteiger partial charge in [-0.2, -0.15) is 0 Å². The lowest BCUT2D eigenvalue weighted by Crippen LogP contribution is -2.29. The summed E-state index contributed by atoms with van der Waals surface area (Å²) >= 11 is 6.42. The van der Waals surface area contributed by atoms with Crippen LogP contribution in [0, 0.1) is 5.92 Å². The van der Waals surface area contributed by atoms with Crippen LogP contribution in [0.2, 0.25) is 5.02 Å². The molecule has 1 amide bonds. The fourth-order valence-corrected chi connectivity index (χ4v) is 3.57. The van der Waals surface area contributed by atoms with Crippen molar-refractivity contribution < 1.29 is 9.53 Å². The largest absolute Gasteiger partial charge is 0.378 e. The zero-order valence-corrected chi connectivity index (χ0v) is 12.5. The maximum Gasteiger partial charge on any atom is 0.228 e. The van der Waals surface area contributed by atoms with Crippen molar-refractivity contribution >= 4 is 23.2 Å². The van der Waals surface area contributed by atoms with Crippen molar-refractivity contribution in [2.45, 2.75) is 31.9 Å². The van der Waals surface area contributed by atoms with Crippen LogP contribution in [0.4, 0.5) is 5.69 Å². The van der Waals surface area contributed by atoms with Gasteiger partial charge in [0, 0.05) is 29.3 Å². The summed E-state index contributed by atoms with van der Waals surface area (Å²) in [7, 11) is 1.95. The number of carbonyl (C=O) groups is 1. The third-order valence-corrected chi connectivity index (χ3v) is 4.68. The molecule has 2 aliphatic rings. The molecule has 0 saturated carbocycles. The molecule has 1 aromatic rings. The van der Waals surface area contributed by atoms with E-state index in [2.05, 4.69) is 23.6 Å². The summed E-state index contributed by atoms with van der Waals surface area (Å²) in [6, 6.07) is 4.07. The molecule has 2 heterocycles. The molecule has 3 rings (SSSR count). The summed E-state index contributed by atoms with van der Waals surface area (Å²) in [4.78, 5) is 11.5. The van der Waals surface area contributed by atoms with Gasteiger partial charge in [0.25, 0.3) is 0 Å². The van der Waals surface area contributed by atoms with Gasteiger partial charge in [-0.15, -0.1) is 0 Å². The van der Waals surface area contributed by atoms with Crippen LogP contribution >= 0.6 is 11.6 Å². The second-order valence-corrected chi connectivity index (χ2v) is 5.96. The quantitative estimate of drug-likeness (QED) is 0.901. The summed E-state index contributed by atoms with van der Waals surface area (Å²) in [6.07, 6.45) is 1.68. The number of rotatable bonds is 3. The molecule has 0 spiro atoms. The maximum atomic E-state index is 11.5. The van der Waals surface area contributed by atoms with Crippen molar-refractivity contribution in [3.8, 4) is 0 Å². The van der Waals surface area contributed by atoms with Crippen molar-refractivity contribution in [2.75, 3.05) is 19.0 Å². The van der Waals surface area contributed by atoms with E-state index in [0.29, 0.717) is 17.4 Å². The first-order chi connectivity index (χ1) is 9.60. The van der Waals surface area contributed by atoms with Gasteiger partial charge >= 0.3 is 0 Å². The van der Waals surface area contributed by atoms with Gasteiger partial charge in [-0.05, 0) is 37.6 Å². The minimum atomic E-state index is 0.0341. The van der Waals surface area contributed by atoms with E-state index in [1.807, 2.05) is 13.1 Å². The summed E-state index contributed by atoms with van der Waals surface area (Å²) in [5.41, 5.74) is 2.93. The molecule has 1 fully saturated rings. The van der Waals surface area contributed by atoms with Gasteiger partial charge < -0.3 is 15.4 Å². The van der Waals surface area contributed by atoms with E-state index >= 15 is 0 Å². The van der Waals surface area contributed by atoms with Crippen LogP contribution in [0.25, 0.3) is 0 Å². The first-order valence-electron chi connectivity index (χ1n) is 7.01. The van der Waals surface area contributed by atoms with Crippen LogP contribution in [-0.2, 0) is 16.0 Å². The highest BCUT2D eigenvalue weighted by atomic mass is 35.5. The predicted octanol–water partition coefficient (Wildman–Crippen LogP) is 2.52. The van der Waals surface area contributed by atoms with Crippen molar-refractivity contribution in [3.63, 3.8) is 0 Å². The summed E-state index contributed by atoms with van der Waals surface area (Å²) in [5.74, 6) is 0.437. The standard InChI is InChI=1S/C15H19ClN2O2/c1-8-10(3-4-20-8)15(17-2)11-5-9-6-14(19)18-13(9)7-12(11)16/h5,7-8,10,15,17H,3-4,6H2,1-2H3,(H,18,19). The van der Waals surface area contributed by atoms with E-state index in [-0.39, 0.29) is 18.1 Å². The Morgan fingerprint density at radius 3 is 2.95 bits per heavy atom. The molecule has 0 radical (unpaired) electrons. The smallest absolute Gasteiger partial charge is 0.228 e. The predicted molar refractivity (Wildman–Crippen MR) is 79.1 cm³/mol. The maximum absolute atomic E-state index is 11.5. The van der Waals surface area contributed by atoms with Crippen molar-refractivity contribution in [1.82, 2.24) is 5.32 Å². The van der Waals surface area contributed by atoms with E-state index in [0.717, 1.165) is 29.8 Å². The minimum Gasteiger partial charge on any atom is -0.378 e. The van der Waals surface area contributed by atoms with Gasteiger partial charge in [0.15, 0.2) is 0 Å². The van der Waals surface area contributed by atoms with Crippen LogP contribution in [0.3, 0.4) is 0 Å². The number of carbonyl (C=O) groups excluding carboxylic acids is 1. The number of ether oxygens (including phenoxy) is 1. The highest BCUT2D eigenvalue weighted by molar-refractivity contribution is 6.32. The van der Waals surface area contributed by atoms with Gasteiger partial charge in [0.1, 0.15) is 0 Å². The lowest BCUT2D eigenvalue weighted by atomic mass is 9.87. The van der Waals surface area contributed by atoms with Gasteiger partial charge in [-0.3, -0.25) is 4.79 Å². The third kappa shape index (κ3) is 2.32. The van der Waals surface area contributed by atoms with E-state index < -0.39 is 0 Å². The van der Waals surface area contributed by atoms with Crippen LogP contribution in [-0.4, -0.2) is 25.7 Å².